The predicted octanol–water partition coefficient (Wildman–Crippen LogP) is 2.01. The van der Waals surface area contributed by atoms with E-state index in [1.165, 1.54) is 5.56 Å². The molecule has 1 aromatic rings. The molecule has 1 rings (SSSR count). The van der Waals surface area contributed by atoms with Crippen molar-refractivity contribution in [3.8, 4) is 0 Å². The molecule has 0 unspecified atom stereocenters. The summed E-state index contributed by atoms with van der Waals surface area (Å²) in [5, 5.41) is 3.31. The molecule has 0 atom stereocenters. The minimum atomic E-state index is 0.776. The lowest BCUT2D eigenvalue weighted by atomic mass is 10.1. The molecule has 1 heterocycles. The third-order valence-electron chi connectivity index (χ3n) is 2.06. The molecule has 1 N–H and O–H groups in total. The first-order valence-electron chi connectivity index (χ1n) is 5.12. The maximum atomic E-state index is 4.94. The number of nitrogens with zero attached hydrogens (tertiary/aromatic N) is 1. The molecule has 0 aliphatic rings. The number of ether oxygens (including phenoxy) is 1. The summed E-state index contributed by atoms with van der Waals surface area (Å²) < 4.78 is 5.99. The fourth-order valence-electron chi connectivity index (χ4n) is 1.31. The van der Waals surface area contributed by atoms with Gasteiger partial charge in [0.1, 0.15) is 0 Å². The van der Waals surface area contributed by atoms with Crippen molar-refractivity contribution >= 4 is 15.9 Å². The van der Waals surface area contributed by atoms with E-state index in [1.807, 2.05) is 6.20 Å². The second kappa shape index (κ2) is 7.79. The van der Waals surface area contributed by atoms with Crippen LogP contribution >= 0.6 is 15.9 Å². The maximum Gasteiger partial charge on any atom is 0.0587 e. The molecule has 0 saturated heterocycles. The Labute approximate surface area is 99.4 Å². The summed E-state index contributed by atoms with van der Waals surface area (Å²) in [6, 6.07) is 2.11. The Morgan fingerprint density at radius 2 is 2.27 bits per heavy atom. The van der Waals surface area contributed by atoms with E-state index in [2.05, 4.69) is 32.3 Å². The topological polar surface area (TPSA) is 34.1 Å². The number of aromatic nitrogens is 1. The number of aryl methyl sites for hydroxylation is 1. The number of nitrogens with one attached hydrogen (secondary N) is 1. The fourth-order valence-corrected chi connectivity index (χ4v) is 1.72. The first kappa shape index (κ1) is 12.6. The highest BCUT2D eigenvalue weighted by molar-refractivity contribution is 9.10. The van der Waals surface area contributed by atoms with Crippen LogP contribution in [0.3, 0.4) is 0 Å². The van der Waals surface area contributed by atoms with Gasteiger partial charge in [0.2, 0.25) is 0 Å². The third-order valence-corrected chi connectivity index (χ3v) is 2.50. The van der Waals surface area contributed by atoms with Crippen LogP contribution in [-0.4, -0.2) is 31.8 Å². The van der Waals surface area contributed by atoms with Gasteiger partial charge in [-0.15, -0.1) is 0 Å². The van der Waals surface area contributed by atoms with Crippen molar-refractivity contribution in [2.45, 2.75) is 12.8 Å². The van der Waals surface area contributed by atoms with E-state index >= 15 is 0 Å². The molecule has 0 amide bonds. The van der Waals surface area contributed by atoms with Crippen LogP contribution in [0.2, 0.25) is 0 Å². The summed E-state index contributed by atoms with van der Waals surface area (Å²) in [7, 11) is 1.72. The van der Waals surface area contributed by atoms with Crippen LogP contribution < -0.4 is 5.32 Å². The Balaban J connectivity index is 2.10. The van der Waals surface area contributed by atoms with Gasteiger partial charge in [-0.05, 0) is 46.9 Å². The second-order valence-electron chi connectivity index (χ2n) is 3.36. The van der Waals surface area contributed by atoms with Crippen LogP contribution in [0.4, 0.5) is 0 Å². The van der Waals surface area contributed by atoms with Gasteiger partial charge in [0.05, 0.1) is 6.61 Å². The number of rotatable bonds is 7. The molecule has 0 bridgehead atoms. The lowest BCUT2D eigenvalue weighted by Gasteiger charge is -2.04. The summed E-state index contributed by atoms with van der Waals surface area (Å²) in [5.41, 5.74) is 1.28. The van der Waals surface area contributed by atoms with Gasteiger partial charge in [-0.2, -0.15) is 0 Å². The van der Waals surface area contributed by atoms with Crippen LogP contribution in [-0.2, 0) is 11.2 Å². The van der Waals surface area contributed by atoms with E-state index in [0.29, 0.717) is 0 Å². The largest absolute Gasteiger partial charge is 0.383 e. The summed E-state index contributed by atoms with van der Waals surface area (Å²) in [6.45, 7) is 2.72. The highest BCUT2D eigenvalue weighted by atomic mass is 79.9. The molecule has 84 valence electrons. The normalized spacial score (nSPS) is 10.5. The smallest absolute Gasteiger partial charge is 0.0587 e. The zero-order valence-corrected chi connectivity index (χ0v) is 10.6. The van der Waals surface area contributed by atoms with E-state index in [0.717, 1.165) is 37.0 Å². The average molecular weight is 273 g/mol. The standard InChI is InChI=1S/C11H17BrN2O/c1-15-6-5-13-4-2-3-10-7-11(12)9-14-8-10/h7-9,13H,2-6H2,1H3. The van der Waals surface area contributed by atoms with Gasteiger partial charge in [-0.3, -0.25) is 4.98 Å². The number of hydrogen-bond donors (Lipinski definition) is 1. The zero-order valence-electron chi connectivity index (χ0n) is 9.00. The highest BCUT2D eigenvalue weighted by Crippen LogP contribution is 2.10. The second-order valence-corrected chi connectivity index (χ2v) is 4.27. The number of methoxy groups -OCH3 is 1. The average Bonchev–Trinajstić information content (AvgIpc) is 2.23. The Hall–Kier alpha value is -0.450. The zero-order chi connectivity index (χ0) is 10.9. The Morgan fingerprint density at radius 1 is 1.40 bits per heavy atom. The molecular weight excluding hydrogens is 256 g/mol. The molecule has 4 heteroatoms. The van der Waals surface area contributed by atoms with Crippen molar-refractivity contribution in [3.05, 3.63) is 28.5 Å². The summed E-state index contributed by atoms with van der Waals surface area (Å²) in [6.07, 6.45) is 5.91. The molecule has 0 aliphatic heterocycles. The maximum absolute atomic E-state index is 4.94. The molecule has 15 heavy (non-hydrogen) atoms. The van der Waals surface area contributed by atoms with Crippen LogP contribution in [0.25, 0.3) is 0 Å². The van der Waals surface area contributed by atoms with E-state index < -0.39 is 0 Å². The van der Waals surface area contributed by atoms with E-state index in [1.54, 1.807) is 13.3 Å². The van der Waals surface area contributed by atoms with E-state index in [4.69, 9.17) is 4.74 Å². The number of halogens is 1. The minimum Gasteiger partial charge on any atom is -0.383 e. The third kappa shape index (κ3) is 5.87. The van der Waals surface area contributed by atoms with Crippen molar-refractivity contribution in [1.82, 2.24) is 10.3 Å². The van der Waals surface area contributed by atoms with Gasteiger partial charge >= 0.3 is 0 Å². The lowest BCUT2D eigenvalue weighted by molar-refractivity contribution is 0.199. The van der Waals surface area contributed by atoms with Crippen LogP contribution in [0.5, 0.6) is 0 Å². The van der Waals surface area contributed by atoms with Gasteiger partial charge in [0, 0.05) is 30.5 Å². The molecular formula is C11H17BrN2O. The Bertz CT molecular complexity index is 281. The van der Waals surface area contributed by atoms with Crippen LogP contribution in [0, 0.1) is 0 Å². The van der Waals surface area contributed by atoms with Crippen molar-refractivity contribution in [3.63, 3.8) is 0 Å². The highest BCUT2D eigenvalue weighted by Gasteiger charge is 1.95. The molecule has 0 fully saturated rings. The lowest BCUT2D eigenvalue weighted by Crippen LogP contribution is -2.20. The summed E-state index contributed by atoms with van der Waals surface area (Å²) in [5.74, 6) is 0. The van der Waals surface area contributed by atoms with E-state index in [-0.39, 0.29) is 0 Å². The molecule has 1 aromatic heterocycles. The Morgan fingerprint density at radius 3 is 3.00 bits per heavy atom. The molecule has 0 aliphatic carbocycles. The van der Waals surface area contributed by atoms with Crippen molar-refractivity contribution in [1.29, 1.82) is 0 Å². The van der Waals surface area contributed by atoms with Gasteiger partial charge in [0.15, 0.2) is 0 Å². The minimum absolute atomic E-state index is 0.776. The molecule has 0 radical (unpaired) electrons. The first-order valence-corrected chi connectivity index (χ1v) is 5.91. The quantitative estimate of drug-likeness (QED) is 0.772. The van der Waals surface area contributed by atoms with Gasteiger partial charge in [-0.1, -0.05) is 0 Å². The van der Waals surface area contributed by atoms with Crippen molar-refractivity contribution in [2.24, 2.45) is 0 Å². The predicted molar refractivity (Wildman–Crippen MR) is 65.0 cm³/mol. The van der Waals surface area contributed by atoms with Crippen LogP contribution in [0.1, 0.15) is 12.0 Å². The Kier molecular flexibility index (Phi) is 6.55. The first-order chi connectivity index (χ1) is 7.33. The molecule has 0 saturated carbocycles. The van der Waals surface area contributed by atoms with Gasteiger partial charge in [-0.25, -0.2) is 0 Å². The van der Waals surface area contributed by atoms with Crippen molar-refractivity contribution in [2.75, 3.05) is 26.8 Å². The number of pyridine rings is 1. The monoisotopic (exact) mass is 272 g/mol. The van der Waals surface area contributed by atoms with E-state index in [9.17, 15) is 0 Å². The molecule has 3 nitrogen and oxygen atoms in total. The number of hydrogen-bond acceptors (Lipinski definition) is 3. The van der Waals surface area contributed by atoms with Crippen molar-refractivity contribution < 1.29 is 4.74 Å². The molecule has 0 aromatic carbocycles. The summed E-state index contributed by atoms with van der Waals surface area (Å²) >= 11 is 3.41. The summed E-state index contributed by atoms with van der Waals surface area (Å²) in [4.78, 5) is 4.13. The van der Waals surface area contributed by atoms with Gasteiger partial charge < -0.3 is 10.1 Å². The van der Waals surface area contributed by atoms with Crippen LogP contribution in [0.15, 0.2) is 22.9 Å². The van der Waals surface area contributed by atoms with Gasteiger partial charge in [0.25, 0.3) is 0 Å². The SMILES string of the molecule is COCCNCCCc1cncc(Br)c1. The fraction of sp³-hybridized carbons (Fsp3) is 0.545. The molecule has 0 spiro atoms.